The fraction of sp³-hybridized carbons (Fsp3) is 0.100. The van der Waals surface area contributed by atoms with Gasteiger partial charge in [-0.25, -0.2) is 4.98 Å². The van der Waals surface area contributed by atoms with Gasteiger partial charge in [0.25, 0.3) is 0 Å². The number of nitrogens with zero attached hydrogens (tertiary/aromatic N) is 1. The fourth-order valence-corrected chi connectivity index (χ4v) is 1.32. The van der Waals surface area contributed by atoms with Crippen molar-refractivity contribution < 1.29 is 0 Å². The Labute approximate surface area is 76.6 Å². The first-order valence-electron chi connectivity index (χ1n) is 4.14. The highest BCUT2D eigenvalue weighted by atomic mass is 14.9. The summed E-state index contributed by atoms with van der Waals surface area (Å²) in [5, 5.41) is 0. The van der Waals surface area contributed by atoms with Crippen molar-refractivity contribution >= 4 is 5.69 Å². The Hall–Kier alpha value is -1.77. The summed E-state index contributed by atoms with van der Waals surface area (Å²) in [5.74, 6) is 0.866. The van der Waals surface area contributed by atoms with E-state index in [1.807, 2.05) is 25.1 Å². The highest BCUT2D eigenvalue weighted by molar-refractivity contribution is 5.67. The van der Waals surface area contributed by atoms with Gasteiger partial charge < -0.3 is 10.7 Å². The molecule has 0 atom stereocenters. The molecule has 0 spiro atoms. The maximum Gasteiger partial charge on any atom is 0.137 e. The van der Waals surface area contributed by atoms with Crippen LogP contribution in [0.15, 0.2) is 30.6 Å². The Morgan fingerprint density at radius 1 is 1.38 bits per heavy atom. The first kappa shape index (κ1) is 7.86. The molecule has 1 aromatic heterocycles. The Balaban J connectivity index is 2.59. The number of aromatic nitrogens is 2. The molecular formula is C10H11N3. The van der Waals surface area contributed by atoms with Crippen molar-refractivity contribution in [1.29, 1.82) is 0 Å². The van der Waals surface area contributed by atoms with Gasteiger partial charge in [0.1, 0.15) is 5.82 Å². The SMILES string of the molecule is Cc1c(N)cccc1-c1ncc[nH]1. The van der Waals surface area contributed by atoms with Crippen molar-refractivity contribution in [2.75, 3.05) is 5.73 Å². The van der Waals surface area contributed by atoms with Gasteiger partial charge in [-0.05, 0) is 18.6 Å². The van der Waals surface area contributed by atoms with E-state index in [0.29, 0.717) is 0 Å². The smallest absolute Gasteiger partial charge is 0.137 e. The molecule has 2 rings (SSSR count). The van der Waals surface area contributed by atoms with Gasteiger partial charge in [0.2, 0.25) is 0 Å². The van der Waals surface area contributed by atoms with Crippen LogP contribution in [0.4, 0.5) is 5.69 Å². The number of rotatable bonds is 1. The van der Waals surface area contributed by atoms with E-state index in [1.165, 1.54) is 0 Å². The predicted octanol–water partition coefficient (Wildman–Crippen LogP) is 1.97. The van der Waals surface area contributed by atoms with Crippen molar-refractivity contribution in [2.45, 2.75) is 6.92 Å². The number of H-pyrrole nitrogens is 1. The van der Waals surface area contributed by atoms with E-state index in [9.17, 15) is 0 Å². The van der Waals surface area contributed by atoms with Gasteiger partial charge in [0.05, 0.1) is 0 Å². The Morgan fingerprint density at radius 3 is 2.92 bits per heavy atom. The van der Waals surface area contributed by atoms with E-state index in [4.69, 9.17) is 5.73 Å². The third-order valence-electron chi connectivity index (χ3n) is 2.13. The molecule has 2 aromatic rings. The molecule has 13 heavy (non-hydrogen) atoms. The van der Waals surface area contributed by atoms with E-state index in [0.717, 1.165) is 22.6 Å². The lowest BCUT2D eigenvalue weighted by Crippen LogP contribution is -1.92. The molecule has 0 saturated heterocycles. The molecule has 0 unspecified atom stereocenters. The summed E-state index contributed by atoms with van der Waals surface area (Å²) in [6.45, 7) is 1.99. The number of benzene rings is 1. The molecule has 1 heterocycles. The molecule has 3 nitrogen and oxygen atoms in total. The van der Waals surface area contributed by atoms with Gasteiger partial charge >= 0.3 is 0 Å². The molecule has 1 aromatic carbocycles. The van der Waals surface area contributed by atoms with Crippen molar-refractivity contribution in [3.05, 3.63) is 36.2 Å². The minimum atomic E-state index is 0.800. The average molecular weight is 173 g/mol. The number of anilines is 1. The standard InChI is InChI=1S/C10H11N3/c1-7-8(3-2-4-9(7)11)10-12-5-6-13-10/h2-6H,11H2,1H3,(H,12,13). The van der Waals surface area contributed by atoms with E-state index < -0.39 is 0 Å². The highest BCUT2D eigenvalue weighted by Crippen LogP contribution is 2.23. The number of nitrogen functional groups attached to an aromatic ring is 1. The number of nitrogens with two attached hydrogens (primary N) is 1. The van der Waals surface area contributed by atoms with Crippen LogP contribution in [0.25, 0.3) is 11.4 Å². The summed E-state index contributed by atoms with van der Waals surface area (Å²) in [5.41, 5.74) is 8.71. The number of imidazole rings is 1. The monoisotopic (exact) mass is 173 g/mol. The van der Waals surface area contributed by atoms with E-state index in [-0.39, 0.29) is 0 Å². The zero-order valence-electron chi connectivity index (χ0n) is 7.41. The van der Waals surface area contributed by atoms with Gasteiger partial charge in [-0.2, -0.15) is 0 Å². The van der Waals surface area contributed by atoms with Crippen molar-refractivity contribution in [3.63, 3.8) is 0 Å². The second-order valence-corrected chi connectivity index (χ2v) is 2.96. The lowest BCUT2D eigenvalue weighted by atomic mass is 10.1. The largest absolute Gasteiger partial charge is 0.398 e. The number of hydrogen-bond acceptors (Lipinski definition) is 2. The second-order valence-electron chi connectivity index (χ2n) is 2.96. The molecule has 0 bridgehead atoms. The van der Waals surface area contributed by atoms with Gasteiger partial charge in [-0.1, -0.05) is 12.1 Å². The van der Waals surface area contributed by atoms with Crippen LogP contribution in [0.3, 0.4) is 0 Å². The van der Waals surface area contributed by atoms with Crippen LogP contribution in [0.2, 0.25) is 0 Å². The molecular weight excluding hydrogens is 162 g/mol. The van der Waals surface area contributed by atoms with Crippen molar-refractivity contribution in [2.24, 2.45) is 0 Å². The normalized spacial score (nSPS) is 10.2. The maximum atomic E-state index is 5.79. The van der Waals surface area contributed by atoms with Gasteiger partial charge in [0, 0.05) is 23.6 Å². The summed E-state index contributed by atoms with van der Waals surface area (Å²) in [4.78, 5) is 7.23. The number of aromatic amines is 1. The molecule has 0 aliphatic heterocycles. The molecule has 0 radical (unpaired) electrons. The molecule has 3 N–H and O–H groups in total. The molecule has 0 fully saturated rings. The third kappa shape index (κ3) is 1.28. The Kier molecular flexibility index (Phi) is 1.77. The highest BCUT2D eigenvalue weighted by Gasteiger charge is 2.04. The lowest BCUT2D eigenvalue weighted by molar-refractivity contribution is 1.29. The van der Waals surface area contributed by atoms with Crippen LogP contribution in [-0.2, 0) is 0 Å². The summed E-state index contributed by atoms with van der Waals surface area (Å²) in [6, 6.07) is 5.83. The van der Waals surface area contributed by atoms with Crippen molar-refractivity contribution in [1.82, 2.24) is 9.97 Å². The minimum Gasteiger partial charge on any atom is -0.398 e. The van der Waals surface area contributed by atoms with E-state index in [2.05, 4.69) is 9.97 Å². The molecule has 0 saturated carbocycles. The van der Waals surface area contributed by atoms with Crippen LogP contribution in [-0.4, -0.2) is 9.97 Å². The predicted molar refractivity (Wildman–Crippen MR) is 53.2 cm³/mol. The van der Waals surface area contributed by atoms with Crippen LogP contribution in [0.1, 0.15) is 5.56 Å². The third-order valence-corrected chi connectivity index (χ3v) is 2.13. The van der Waals surface area contributed by atoms with Gasteiger partial charge in [0.15, 0.2) is 0 Å². The fourth-order valence-electron chi connectivity index (χ4n) is 1.32. The number of nitrogens with one attached hydrogen (secondary N) is 1. The van der Waals surface area contributed by atoms with Crippen LogP contribution in [0.5, 0.6) is 0 Å². The molecule has 0 aliphatic rings. The van der Waals surface area contributed by atoms with Crippen LogP contribution >= 0.6 is 0 Å². The second kappa shape index (κ2) is 2.94. The maximum absolute atomic E-state index is 5.79. The zero-order valence-corrected chi connectivity index (χ0v) is 7.41. The molecule has 3 heteroatoms. The summed E-state index contributed by atoms with van der Waals surface area (Å²) >= 11 is 0. The first-order valence-corrected chi connectivity index (χ1v) is 4.14. The van der Waals surface area contributed by atoms with E-state index >= 15 is 0 Å². The summed E-state index contributed by atoms with van der Waals surface area (Å²) < 4.78 is 0. The Morgan fingerprint density at radius 2 is 2.23 bits per heavy atom. The summed E-state index contributed by atoms with van der Waals surface area (Å²) in [7, 11) is 0. The van der Waals surface area contributed by atoms with Crippen LogP contribution < -0.4 is 5.73 Å². The van der Waals surface area contributed by atoms with Gasteiger partial charge in [-0.3, -0.25) is 0 Å². The number of hydrogen-bond donors (Lipinski definition) is 2. The summed E-state index contributed by atoms with van der Waals surface area (Å²) in [6.07, 6.45) is 3.54. The average Bonchev–Trinajstić information content (AvgIpc) is 2.62. The topological polar surface area (TPSA) is 54.7 Å². The van der Waals surface area contributed by atoms with E-state index in [1.54, 1.807) is 12.4 Å². The molecule has 0 amide bonds. The first-order chi connectivity index (χ1) is 6.29. The van der Waals surface area contributed by atoms with Crippen LogP contribution in [0, 0.1) is 6.92 Å². The minimum absolute atomic E-state index is 0.800. The quantitative estimate of drug-likeness (QED) is 0.648. The molecule has 0 aliphatic carbocycles. The van der Waals surface area contributed by atoms with Crippen molar-refractivity contribution in [3.8, 4) is 11.4 Å². The van der Waals surface area contributed by atoms with Gasteiger partial charge in [-0.15, -0.1) is 0 Å². The zero-order chi connectivity index (χ0) is 9.26. The Bertz CT molecular complexity index is 404. The lowest BCUT2D eigenvalue weighted by Gasteiger charge is -2.04. The molecule has 66 valence electrons.